The van der Waals surface area contributed by atoms with Crippen LogP contribution in [0.15, 0.2) is 109 Å². The van der Waals surface area contributed by atoms with E-state index >= 15 is 0 Å². The van der Waals surface area contributed by atoms with E-state index in [0.717, 1.165) is 18.2 Å². The van der Waals surface area contributed by atoms with Crippen LogP contribution < -0.4 is 20.4 Å². The molecule has 0 unspecified atom stereocenters. The van der Waals surface area contributed by atoms with Gasteiger partial charge in [-0.2, -0.15) is 0 Å². The molecule has 10 heteroatoms. The van der Waals surface area contributed by atoms with E-state index < -0.39 is 17.3 Å². The van der Waals surface area contributed by atoms with Gasteiger partial charge in [0.1, 0.15) is 5.75 Å². The Bertz CT molecular complexity index is 1640. The van der Waals surface area contributed by atoms with Crippen molar-refractivity contribution in [3.63, 3.8) is 0 Å². The summed E-state index contributed by atoms with van der Waals surface area (Å²) in [6.45, 7) is 4.29. The van der Waals surface area contributed by atoms with E-state index in [9.17, 15) is 39.6 Å². The van der Waals surface area contributed by atoms with Crippen LogP contribution in [0.2, 0.25) is 0 Å². The SMILES string of the molecule is CC(=O)/C=C(\[O-])c1ccccc1.CC(=O)/C=C(\[O-])c1ccccc1.CC[O-].O=C1c2ccccc2C(=O)c2c1ccc(O)c2[O-].[Ti]. The van der Waals surface area contributed by atoms with Crippen LogP contribution in [0.1, 0.15) is 63.7 Å². The summed E-state index contributed by atoms with van der Waals surface area (Å²) in [6.07, 6.45) is 2.19. The summed E-state index contributed by atoms with van der Waals surface area (Å²) in [4.78, 5) is 45.4. The fourth-order valence-electron chi connectivity index (χ4n) is 3.89. The number of phenolic OH excluding ortho intramolecular Hbond substituents is 1. The molecule has 46 heavy (non-hydrogen) atoms. The van der Waals surface area contributed by atoms with Crippen molar-refractivity contribution < 1.29 is 66.4 Å². The summed E-state index contributed by atoms with van der Waals surface area (Å²) in [5.74, 6) is -3.09. The molecule has 9 nitrogen and oxygen atoms in total. The predicted molar refractivity (Wildman–Crippen MR) is 162 cm³/mol. The molecule has 1 aliphatic rings. The third kappa shape index (κ3) is 11.1. The van der Waals surface area contributed by atoms with Crippen LogP contribution in [0.25, 0.3) is 11.5 Å². The van der Waals surface area contributed by atoms with Crippen molar-refractivity contribution in [3.8, 4) is 11.5 Å². The molecule has 0 aromatic heterocycles. The van der Waals surface area contributed by atoms with Crippen molar-refractivity contribution in [3.05, 3.63) is 143 Å². The van der Waals surface area contributed by atoms with Crippen LogP contribution in [0, 0.1) is 0 Å². The minimum absolute atomic E-state index is 0. The molecule has 0 bridgehead atoms. The largest absolute Gasteiger partial charge is 0.872 e. The first kappa shape index (κ1) is 38.9. The number of phenols is 1. The van der Waals surface area contributed by atoms with E-state index in [1.165, 1.54) is 26.0 Å². The first-order valence-electron chi connectivity index (χ1n) is 13.6. The van der Waals surface area contributed by atoms with Crippen LogP contribution in [-0.4, -0.2) is 34.8 Å². The molecule has 1 aliphatic carbocycles. The molecule has 4 aromatic rings. The maximum Gasteiger partial charge on any atom is 0.194 e. The van der Waals surface area contributed by atoms with E-state index in [2.05, 4.69) is 0 Å². The zero-order valence-corrected chi connectivity index (χ0v) is 26.9. The Hall–Kier alpha value is -5.09. The average Bonchev–Trinajstić information content (AvgIpc) is 3.02. The van der Waals surface area contributed by atoms with Gasteiger partial charge in [-0.15, -0.1) is 6.61 Å². The fourth-order valence-corrected chi connectivity index (χ4v) is 3.89. The van der Waals surface area contributed by atoms with Crippen LogP contribution in [0.5, 0.6) is 11.5 Å². The van der Waals surface area contributed by atoms with Gasteiger partial charge in [-0.25, -0.2) is 0 Å². The number of carbonyl (C=O) groups excluding carboxylic acids is 4. The van der Waals surface area contributed by atoms with Crippen molar-refractivity contribution in [2.45, 2.75) is 20.8 Å². The molecule has 0 saturated carbocycles. The van der Waals surface area contributed by atoms with Gasteiger partial charge < -0.3 is 25.5 Å². The molecule has 4 aromatic carbocycles. The number of ketones is 4. The second-order valence-corrected chi connectivity index (χ2v) is 9.30. The Morgan fingerprint density at radius 2 is 1.02 bits per heavy atom. The van der Waals surface area contributed by atoms with Gasteiger partial charge in [0.25, 0.3) is 0 Å². The Morgan fingerprint density at radius 3 is 1.41 bits per heavy atom. The van der Waals surface area contributed by atoms with E-state index in [-0.39, 0.29) is 73.9 Å². The number of carbonyl (C=O) groups is 4. The second-order valence-electron chi connectivity index (χ2n) is 9.30. The van der Waals surface area contributed by atoms with Crippen LogP contribution in [0.4, 0.5) is 0 Å². The summed E-state index contributed by atoms with van der Waals surface area (Å²) in [5.41, 5.74) is 1.42. The van der Waals surface area contributed by atoms with Gasteiger partial charge in [0, 0.05) is 44.0 Å². The molecule has 0 atom stereocenters. The van der Waals surface area contributed by atoms with Crippen molar-refractivity contribution >= 4 is 34.7 Å². The van der Waals surface area contributed by atoms with Crippen molar-refractivity contribution in [2.24, 2.45) is 0 Å². The molecule has 5 rings (SSSR count). The minimum atomic E-state index is -0.791. The number of rotatable bonds is 4. The molecular weight excluding hydrogens is 624 g/mol. The van der Waals surface area contributed by atoms with Gasteiger partial charge in [0.15, 0.2) is 23.1 Å². The quantitative estimate of drug-likeness (QED) is 0.173. The Morgan fingerprint density at radius 1 is 0.652 bits per heavy atom. The summed E-state index contributed by atoms with van der Waals surface area (Å²) < 4.78 is 0. The summed E-state index contributed by atoms with van der Waals surface area (Å²) in [7, 11) is 0. The van der Waals surface area contributed by atoms with Crippen LogP contribution in [0.3, 0.4) is 0 Å². The third-order valence-corrected chi connectivity index (χ3v) is 5.81. The van der Waals surface area contributed by atoms with Gasteiger partial charge in [-0.05, 0) is 49.3 Å². The number of fused-ring (bicyclic) bond motifs is 2. The van der Waals surface area contributed by atoms with Crippen molar-refractivity contribution in [2.75, 3.05) is 6.61 Å². The maximum atomic E-state index is 12.2. The van der Waals surface area contributed by atoms with Gasteiger partial charge >= 0.3 is 0 Å². The van der Waals surface area contributed by atoms with Gasteiger partial charge in [0.2, 0.25) is 0 Å². The zero-order chi connectivity index (χ0) is 33.5. The Kier molecular flexibility index (Phi) is 16.4. The first-order chi connectivity index (χ1) is 21.4. The third-order valence-electron chi connectivity index (χ3n) is 5.81. The molecule has 0 aliphatic heterocycles. The van der Waals surface area contributed by atoms with Crippen LogP contribution >= 0.6 is 0 Å². The van der Waals surface area contributed by atoms with Gasteiger partial charge in [0.05, 0.1) is 0 Å². The molecule has 0 spiro atoms. The predicted octanol–water partition coefficient (Wildman–Crippen LogP) is 2.56. The smallest absolute Gasteiger partial charge is 0.194 e. The normalized spacial score (nSPS) is 11.4. The first-order valence-corrected chi connectivity index (χ1v) is 13.6. The molecule has 0 heterocycles. The van der Waals surface area contributed by atoms with E-state index in [1.807, 2.05) is 12.1 Å². The fraction of sp³-hybridized carbons (Fsp3) is 0.111. The van der Waals surface area contributed by atoms with Gasteiger partial charge in [-0.1, -0.05) is 109 Å². The molecule has 0 fully saturated rings. The molecular formula is C36H30O9Ti-4. The number of benzene rings is 4. The number of hydrogen-bond acceptors (Lipinski definition) is 9. The maximum absolute atomic E-state index is 12.2. The number of hydrogen-bond donors (Lipinski definition) is 1. The number of allylic oxidation sites excluding steroid dienone is 2. The van der Waals surface area contributed by atoms with Crippen molar-refractivity contribution in [1.82, 2.24) is 0 Å². The van der Waals surface area contributed by atoms with Gasteiger partial charge in [-0.3, -0.25) is 19.2 Å². The number of aromatic hydroxyl groups is 1. The monoisotopic (exact) mass is 654 g/mol. The second kappa shape index (κ2) is 19.3. The van der Waals surface area contributed by atoms with E-state index in [0.29, 0.717) is 16.7 Å². The Balaban J connectivity index is 0.000000337. The standard InChI is InChI=1S/C14H8O4.2C10H10O2.C2H5O.Ti/c15-10-6-5-9-11(14(10)18)13(17)8-4-2-1-3-7(8)12(9)16;2*1-8(11)7-10(12)9-5-3-2-4-6-9;1-2-3;/h1-6,15,18H;2*2-7,12H,1H3;2H2,1H3;/q;;;-1;/p-3/b;2*10-7-;;. The molecule has 0 amide bonds. The van der Waals surface area contributed by atoms with Crippen molar-refractivity contribution in [1.29, 1.82) is 0 Å². The van der Waals surface area contributed by atoms with Crippen LogP contribution in [-0.2, 0) is 31.3 Å². The zero-order valence-electron chi connectivity index (χ0n) is 25.3. The summed E-state index contributed by atoms with van der Waals surface area (Å²) in [6, 6.07) is 26.2. The molecule has 0 saturated heterocycles. The average molecular weight is 654 g/mol. The molecule has 1 N–H and O–H groups in total. The summed E-state index contributed by atoms with van der Waals surface area (Å²) in [5, 5.41) is 52.4. The van der Waals surface area contributed by atoms with E-state index in [1.54, 1.807) is 73.7 Å². The molecule has 0 radical (unpaired) electrons. The molecule has 236 valence electrons. The topological polar surface area (TPSA) is 181 Å². The summed E-state index contributed by atoms with van der Waals surface area (Å²) >= 11 is 0. The van der Waals surface area contributed by atoms with E-state index in [4.69, 9.17) is 5.11 Å². The Labute approximate surface area is 281 Å². The minimum Gasteiger partial charge on any atom is -0.872 e.